The first kappa shape index (κ1) is 22.4. The third-order valence-corrected chi connectivity index (χ3v) is 4.81. The van der Waals surface area contributed by atoms with Gasteiger partial charge in [0.1, 0.15) is 12.1 Å². The van der Waals surface area contributed by atoms with E-state index in [1.165, 1.54) is 4.73 Å². The van der Waals surface area contributed by atoms with E-state index in [0.29, 0.717) is 66.2 Å². The van der Waals surface area contributed by atoms with Crippen molar-refractivity contribution in [1.82, 2.24) is 19.7 Å². The summed E-state index contributed by atoms with van der Waals surface area (Å²) in [5.74, 6) is 6.15. The van der Waals surface area contributed by atoms with E-state index in [1.807, 2.05) is 18.2 Å². The molecule has 0 amide bonds. The molecule has 0 unspecified atom stereocenters. The number of para-hydroxylation sites is 2. The molecular formula is C23H24N4O6. The summed E-state index contributed by atoms with van der Waals surface area (Å²) >= 11 is 0. The minimum atomic E-state index is -0.404. The SMILES string of the molecule is COCCOCCOCCOn1c(=O)[nH]c2c(C#Cc3cccc4[nH]c(=O)[nH]c34)cccc21. The minimum absolute atomic E-state index is 0.198. The lowest BCUT2D eigenvalue weighted by atomic mass is 10.1. The molecule has 0 aliphatic carbocycles. The average molecular weight is 452 g/mol. The molecule has 172 valence electrons. The van der Waals surface area contributed by atoms with E-state index in [0.717, 1.165) is 0 Å². The molecule has 2 aromatic carbocycles. The molecule has 0 radical (unpaired) electrons. The lowest BCUT2D eigenvalue weighted by Gasteiger charge is -2.08. The van der Waals surface area contributed by atoms with Crippen molar-refractivity contribution in [2.75, 3.05) is 46.8 Å². The van der Waals surface area contributed by atoms with Crippen LogP contribution in [0.4, 0.5) is 0 Å². The van der Waals surface area contributed by atoms with Gasteiger partial charge in [0, 0.05) is 7.11 Å². The molecule has 0 spiro atoms. The van der Waals surface area contributed by atoms with Crippen molar-refractivity contribution in [3.63, 3.8) is 0 Å². The second-order valence-electron chi connectivity index (χ2n) is 7.03. The number of H-pyrrole nitrogens is 3. The molecular weight excluding hydrogens is 428 g/mol. The monoisotopic (exact) mass is 452 g/mol. The summed E-state index contributed by atoms with van der Waals surface area (Å²) in [6, 6.07) is 10.8. The number of rotatable bonds is 10. The van der Waals surface area contributed by atoms with Gasteiger partial charge in [0.2, 0.25) is 0 Å². The quantitative estimate of drug-likeness (QED) is 0.244. The van der Waals surface area contributed by atoms with Crippen LogP contribution in [0.25, 0.3) is 22.1 Å². The molecule has 33 heavy (non-hydrogen) atoms. The van der Waals surface area contributed by atoms with Crippen molar-refractivity contribution in [3.8, 4) is 11.8 Å². The van der Waals surface area contributed by atoms with Crippen LogP contribution in [0, 0.1) is 11.8 Å². The summed E-state index contributed by atoms with van der Waals surface area (Å²) < 4.78 is 16.9. The van der Waals surface area contributed by atoms with E-state index < -0.39 is 5.69 Å². The Morgan fingerprint density at radius 1 is 0.788 bits per heavy atom. The molecule has 3 N–H and O–H groups in total. The number of ether oxygens (including phenoxy) is 3. The number of aromatic nitrogens is 4. The maximum absolute atomic E-state index is 12.4. The van der Waals surface area contributed by atoms with Crippen LogP contribution in [0.1, 0.15) is 11.1 Å². The van der Waals surface area contributed by atoms with E-state index in [-0.39, 0.29) is 12.3 Å². The maximum atomic E-state index is 12.4. The molecule has 2 heterocycles. The highest BCUT2D eigenvalue weighted by Crippen LogP contribution is 2.15. The standard InChI is InChI=1S/C23H24N4O6/c1-30-10-11-31-12-13-32-14-15-33-27-19-7-3-5-17(21(19)26-23(27)29)9-8-16-4-2-6-18-20(16)25-22(28)24-18/h2-7H,10-15H2,1H3,(H,26,29)(H2,24,25,28). The second-order valence-corrected chi connectivity index (χ2v) is 7.03. The van der Waals surface area contributed by atoms with Gasteiger partial charge in [-0.25, -0.2) is 9.59 Å². The van der Waals surface area contributed by atoms with E-state index in [9.17, 15) is 9.59 Å². The fourth-order valence-corrected chi connectivity index (χ4v) is 3.29. The summed E-state index contributed by atoms with van der Waals surface area (Å²) in [4.78, 5) is 37.9. The van der Waals surface area contributed by atoms with Crippen molar-refractivity contribution >= 4 is 22.1 Å². The second kappa shape index (κ2) is 10.7. The zero-order valence-corrected chi connectivity index (χ0v) is 18.1. The van der Waals surface area contributed by atoms with Gasteiger partial charge < -0.3 is 34.0 Å². The number of nitrogens with zero attached hydrogens (tertiary/aromatic N) is 1. The van der Waals surface area contributed by atoms with E-state index in [4.69, 9.17) is 19.0 Å². The van der Waals surface area contributed by atoms with Gasteiger partial charge in [-0.1, -0.05) is 24.0 Å². The van der Waals surface area contributed by atoms with E-state index in [1.54, 1.807) is 25.3 Å². The Morgan fingerprint density at radius 2 is 1.45 bits per heavy atom. The molecule has 0 bridgehead atoms. The van der Waals surface area contributed by atoms with Crippen LogP contribution in [0.5, 0.6) is 0 Å². The molecule has 0 aliphatic rings. The summed E-state index contributed by atoms with van der Waals surface area (Å²) in [7, 11) is 1.62. The van der Waals surface area contributed by atoms with Crippen LogP contribution in [-0.4, -0.2) is 66.4 Å². The molecule has 0 saturated heterocycles. The Balaban J connectivity index is 1.44. The van der Waals surface area contributed by atoms with Gasteiger partial charge in [0.15, 0.2) is 0 Å². The Labute approximate surface area is 188 Å². The fourth-order valence-electron chi connectivity index (χ4n) is 3.29. The number of nitrogens with one attached hydrogen (secondary N) is 3. The van der Waals surface area contributed by atoms with Crippen molar-refractivity contribution in [1.29, 1.82) is 0 Å². The van der Waals surface area contributed by atoms with Crippen LogP contribution < -0.4 is 16.2 Å². The van der Waals surface area contributed by atoms with E-state index in [2.05, 4.69) is 26.8 Å². The van der Waals surface area contributed by atoms with Gasteiger partial charge in [-0.3, -0.25) is 0 Å². The molecule has 0 aliphatic heterocycles. The highest BCUT2D eigenvalue weighted by Gasteiger charge is 2.10. The molecule has 10 nitrogen and oxygen atoms in total. The third kappa shape index (κ3) is 5.35. The Morgan fingerprint density at radius 3 is 2.21 bits per heavy atom. The van der Waals surface area contributed by atoms with Gasteiger partial charge in [-0.2, -0.15) is 0 Å². The Bertz CT molecular complexity index is 1400. The van der Waals surface area contributed by atoms with Crippen molar-refractivity contribution in [2.45, 2.75) is 0 Å². The topological polar surface area (TPSA) is 123 Å². The third-order valence-electron chi connectivity index (χ3n) is 4.81. The normalized spacial score (nSPS) is 11.1. The highest BCUT2D eigenvalue weighted by atomic mass is 16.7. The van der Waals surface area contributed by atoms with Crippen LogP contribution >= 0.6 is 0 Å². The van der Waals surface area contributed by atoms with Gasteiger partial charge in [-0.15, -0.1) is 4.73 Å². The van der Waals surface area contributed by atoms with Gasteiger partial charge >= 0.3 is 11.4 Å². The largest absolute Gasteiger partial charge is 0.406 e. The molecule has 0 fully saturated rings. The summed E-state index contributed by atoms with van der Waals surface area (Å²) in [5.41, 5.74) is 3.07. The molecule has 4 rings (SSSR count). The highest BCUT2D eigenvalue weighted by molar-refractivity contribution is 5.84. The predicted octanol–water partition coefficient (Wildman–Crippen LogP) is 1.01. The zero-order valence-electron chi connectivity index (χ0n) is 18.1. The molecule has 4 aromatic rings. The molecule has 2 aromatic heterocycles. The van der Waals surface area contributed by atoms with Gasteiger partial charge in [0.05, 0.1) is 60.7 Å². The number of hydrogen-bond acceptors (Lipinski definition) is 6. The first-order valence-corrected chi connectivity index (χ1v) is 10.4. The molecule has 10 heteroatoms. The average Bonchev–Trinajstić information content (AvgIpc) is 3.35. The number of imidazole rings is 2. The number of benzene rings is 2. The van der Waals surface area contributed by atoms with Crippen molar-refractivity contribution < 1.29 is 19.0 Å². The van der Waals surface area contributed by atoms with Gasteiger partial charge in [0.25, 0.3) is 0 Å². The minimum Gasteiger partial charge on any atom is -0.406 e. The number of aromatic amines is 3. The molecule has 0 atom stereocenters. The Hall–Kier alpha value is -3.78. The molecule has 0 saturated carbocycles. The smallest absolute Gasteiger partial charge is 0.359 e. The van der Waals surface area contributed by atoms with E-state index >= 15 is 0 Å². The summed E-state index contributed by atoms with van der Waals surface area (Å²) in [6.07, 6.45) is 0. The van der Waals surface area contributed by atoms with Gasteiger partial charge in [-0.05, 0) is 24.3 Å². The maximum Gasteiger partial charge on any atom is 0.359 e. The van der Waals surface area contributed by atoms with Crippen LogP contribution in [0.2, 0.25) is 0 Å². The summed E-state index contributed by atoms with van der Waals surface area (Å²) in [6.45, 7) is 2.46. The fraction of sp³-hybridized carbons (Fsp3) is 0.304. The van der Waals surface area contributed by atoms with Crippen LogP contribution in [0.15, 0.2) is 46.0 Å². The number of methoxy groups -OCH3 is 1. The van der Waals surface area contributed by atoms with Crippen LogP contribution in [0.3, 0.4) is 0 Å². The van der Waals surface area contributed by atoms with Crippen molar-refractivity contribution in [3.05, 3.63) is 68.5 Å². The lowest BCUT2D eigenvalue weighted by molar-refractivity contribution is 0.000961. The van der Waals surface area contributed by atoms with Crippen molar-refractivity contribution in [2.24, 2.45) is 0 Å². The van der Waals surface area contributed by atoms with Crippen LogP contribution in [-0.2, 0) is 14.2 Å². The lowest BCUT2D eigenvalue weighted by Crippen LogP contribution is -2.27. The first-order valence-electron chi connectivity index (χ1n) is 10.4. The predicted molar refractivity (Wildman–Crippen MR) is 122 cm³/mol. The number of fused-ring (bicyclic) bond motifs is 2. The summed E-state index contributed by atoms with van der Waals surface area (Å²) in [5, 5.41) is 0. The first-order chi connectivity index (χ1) is 16.2. The number of hydrogen-bond donors (Lipinski definition) is 3. The Kier molecular flexibility index (Phi) is 7.26. The zero-order chi connectivity index (χ0) is 23.0.